The van der Waals surface area contributed by atoms with Crippen molar-refractivity contribution in [2.24, 2.45) is 11.7 Å². The molecular weight excluding hydrogens is 492 g/mol. The summed E-state index contributed by atoms with van der Waals surface area (Å²) in [4.78, 5) is 26.7. The quantitative estimate of drug-likeness (QED) is 0.515. The zero-order chi connectivity index (χ0) is 26.5. The van der Waals surface area contributed by atoms with Crippen molar-refractivity contribution >= 4 is 11.7 Å². The molecule has 1 unspecified atom stereocenters. The minimum absolute atomic E-state index is 0.167. The zero-order valence-electron chi connectivity index (χ0n) is 19.0. The highest BCUT2D eigenvalue weighted by Gasteiger charge is 2.32. The van der Waals surface area contributed by atoms with E-state index in [9.17, 15) is 35.9 Å². The van der Waals surface area contributed by atoms with Crippen molar-refractivity contribution in [3.63, 3.8) is 0 Å². The van der Waals surface area contributed by atoms with Gasteiger partial charge in [0.05, 0.1) is 18.2 Å². The number of Topliss-reactive ketones (excluding diaryl/α,β-unsaturated/α-hetero) is 1. The first kappa shape index (κ1) is 27.5. The first-order chi connectivity index (χ1) is 16.8. The number of ketones is 1. The number of carbonyl (C=O) groups excluding carboxylic acids is 2. The third-order valence-electron chi connectivity index (χ3n) is 5.93. The number of nitrogens with one attached hydrogen (secondary N) is 1. The minimum Gasteiger partial charge on any atom is -0.406 e. The highest BCUT2D eigenvalue weighted by atomic mass is 19.4. The molecule has 2 aromatic carbocycles. The number of nitrogens with two attached hydrogens (primary N) is 1. The summed E-state index contributed by atoms with van der Waals surface area (Å²) in [7, 11) is 0. The molecule has 0 aliphatic carbocycles. The predicted molar refractivity (Wildman–Crippen MR) is 118 cm³/mol. The van der Waals surface area contributed by atoms with Crippen LogP contribution in [0.1, 0.15) is 34.3 Å². The van der Waals surface area contributed by atoms with Gasteiger partial charge in [-0.25, -0.2) is 0 Å². The van der Waals surface area contributed by atoms with E-state index in [1.807, 2.05) is 4.90 Å². The van der Waals surface area contributed by atoms with Crippen LogP contribution in [-0.4, -0.2) is 48.6 Å². The Balaban J connectivity index is 1.46. The molecule has 6 nitrogen and oxygen atoms in total. The molecule has 1 saturated heterocycles. The summed E-state index contributed by atoms with van der Waals surface area (Å²) in [5, 5.41) is 2.32. The van der Waals surface area contributed by atoms with Crippen LogP contribution in [0.25, 0.3) is 0 Å². The van der Waals surface area contributed by atoms with Crippen LogP contribution in [0.4, 0.5) is 26.3 Å². The van der Waals surface area contributed by atoms with E-state index < -0.39 is 42.4 Å². The van der Waals surface area contributed by atoms with Crippen molar-refractivity contribution in [2.75, 3.05) is 19.6 Å². The third-order valence-corrected chi connectivity index (χ3v) is 5.93. The molecule has 196 valence electrons. The predicted octanol–water partition coefficient (Wildman–Crippen LogP) is 4.14. The number of piperidine rings is 1. The summed E-state index contributed by atoms with van der Waals surface area (Å²) in [6.07, 6.45) is -8.24. The summed E-state index contributed by atoms with van der Waals surface area (Å²) in [5.41, 5.74) is 5.54. The lowest BCUT2D eigenvalue weighted by Crippen LogP contribution is -2.47. The van der Waals surface area contributed by atoms with Gasteiger partial charge in [-0.2, -0.15) is 13.2 Å². The van der Waals surface area contributed by atoms with Crippen molar-refractivity contribution in [1.82, 2.24) is 10.2 Å². The number of rotatable bonds is 8. The number of carbonyl (C=O) groups is 2. The molecule has 1 heterocycles. The van der Waals surface area contributed by atoms with Crippen molar-refractivity contribution in [3.05, 3.63) is 65.2 Å². The number of likely N-dealkylation sites (tertiary alicyclic amines) is 1. The van der Waals surface area contributed by atoms with Crippen molar-refractivity contribution in [1.29, 1.82) is 0 Å². The number of halogens is 6. The average Bonchev–Trinajstić information content (AvgIpc) is 2.81. The van der Waals surface area contributed by atoms with Crippen molar-refractivity contribution < 1.29 is 40.7 Å². The monoisotopic (exact) mass is 517 g/mol. The molecule has 3 N–H and O–H groups in total. The number of hydrogen-bond acceptors (Lipinski definition) is 5. The lowest BCUT2D eigenvalue weighted by Gasteiger charge is -2.34. The number of amides is 1. The topological polar surface area (TPSA) is 84.7 Å². The number of benzene rings is 2. The second-order valence-electron chi connectivity index (χ2n) is 8.56. The molecule has 3 rings (SSSR count). The maximum Gasteiger partial charge on any atom is 0.573 e. The van der Waals surface area contributed by atoms with Gasteiger partial charge in [0, 0.05) is 12.1 Å². The Kier molecular flexibility index (Phi) is 8.62. The van der Waals surface area contributed by atoms with Gasteiger partial charge in [0.15, 0.2) is 5.78 Å². The number of hydrogen-bond donors (Lipinski definition) is 2. The molecule has 1 amide bonds. The van der Waals surface area contributed by atoms with Gasteiger partial charge in [-0.3, -0.25) is 14.5 Å². The van der Waals surface area contributed by atoms with E-state index in [1.54, 1.807) is 6.07 Å². The smallest absolute Gasteiger partial charge is 0.406 e. The summed E-state index contributed by atoms with van der Waals surface area (Å²) < 4.78 is 79.7. The summed E-state index contributed by atoms with van der Waals surface area (Å²) in [5.74, 6) is -1.72. The maximum atomic E-state index is 12.8. The van der Waals surface area contributed by atoms with E-state index in [0.29, 0.717) is 44.1 Å². The van der Waals surface area contributed by atoms with Crippen LogP contribution in [0.2, 0.25) is 0 Å². The fraction of sp³-hybridized carbons (Fsp3) is 0.417. The van der Waals surface area contributed by atoms with Gasteiger partial charge < -0.3 is 15.8 Å². The van der Waals surface area contributed by atoms with Crippen LogP contribution in [0.3, 0.4) is 0 Å². The lowest BCUT2D eigenvalue weighted by atomic mass is 9.87. The molecule has 0 radical (unpaired) electrons. The molecule has 1 aliphatic heterocycles. The Morgan fingerprint density at radius 2 is 1.69 bits per heavy atom. The second-order valence-corrected chi connectivity index (χ2v) is 8.56. The molecule has 36 heavy (non-hydrogen) atoms. The van der Waals surface area contributed by atoms with Crippen LogP contribution >= 0.6 is 0 Å². The van der Waals surface area contributed by atoms with E-state index in [1.165, 1.54) is 24.3 Å². The second kappa shape index (κ2) is 11.3. The van der Waals surface area contributed by atoms with Crippen LogP contribution in [-0.2, 0) is 17.5 Å². The Morgan fingerprint density at radius 1 is 1.03 bits per heavy atom. The number of nitrogens with zero attached hydrogens (tertiary/aromatic N) is 1. The van der Waals surface area contributed by atoms with Gasteiger partial charge in [0.2, 0.25) is 0 Å². The fourth-order valence-electron chi connectivity index (χ4n) is 4.06. The largest absolute Gasteiger partial charge is 0.573 e. The van der Waals surface area contributed by atoms with Gasteiger partial charge in [-0.05, 0) is 67.7 Å². The van der Waals surface area contributed by atoms with Crippen LogP contribution < -0.4 is 15.8 Å². The molecule has 12 heteroatoms. The van der Waals surface area contributed by atoms with E-state index in [4.69, 9.17) is 5.73 Å². The van der Waals surface area contributed by atoms with E-state index in [-0.39, 0.29) is 17.2 Å². The third kappa shape index (κ3) is 7.95. The molecular formula is C24H25F6N3O3. The summed E-state index contributed by atoms with van der Waals surface area (Å²) in [6.45, 7) is 1.11. The van der Waals surface area contributed by atoms with Crippen LogP contribution in [0, 0.1) is 5.92 Å². The van der Waals surface area contributed by atoms with Crippen LogP contribution in [0.15, 0.2) is 48.5 Å². The first-order valence-electron chi connectivity index (χ1n) is 11.1. The normalized spacial score (nSPS) is 16.4. The molecule has 1 atom stereocenters. The molecule has 2 aromatic rings. The molecule has 0 spiro atoms. The SMILES string of the molecule is NC(C(=O)CNC(=O)c1cccc(C(F)(F)F)c1)C1CCN(Cc2cccc(OC(F)(F)F)c2)CC1. The number of alkyl halides is 6. The minimum atomic E-state index is -4.77. The average molecular weight is 517 g/mol. The van der Waals surface area contributed by atoms with Gasteiger partial charge in [-0.15, -0.1) is 13.2 Å². The van der Waals surface area contributed by atoms with Crippen LogP contribution in [0.5, 0.6) is 5.75 Å². The lowest BCUT2D eigenvalue weighted by molar-refractivity contribution is -0.274. The van der Waals surface area contributed by atoms with E-state index in [2.05, 4.69) is 10.1 Å². The van der Waals surface area contributed by atoms with Gasteiger partial charge in [0.1, 0.15) is 5.75 Å². The highest BCUT2D eigenvalue weighted by Crippen LogP contribution is 2.29. The Labute approximate surface area is 203 Å². The summed E-state index contributed by atoms with van der Waals surface area (Å²) >= 11 is 0. The Hall–Kier alpha value is -3.12. The maximum absolute atomic E-state index is 12.8. The van der Waals surface area contributed by atoms with Gasteiger partial charge in [-0.1, -0.05) is 18.2 Å². The summed E-state index contributed by atoms with van der Waals surface area (Å²) in [6, 6.07) is 8.73. The zero-order valence-corrected chi connectivity index (χ0v) is 19.0. The molecule has 0 bridgehead atoms. The van der Waals surface area contributed by atoms with Gasteiger partial charge >= 0.3 is 12.5 Å². The van der Waals surface area contributed by atoms with E-state index >= 15 is 0 Å². The Bertz CT molecular complexity index is 1070. The van der Waals surface area contributed by atoms with Crippen molar-refractivity contribution in [3.8, 4) is 5.75 Å². The van der Waals surface area contributed by atoms with Gasteiger partial charge in [0.25, 0.3) is 5.91 Å². The number of ether oxygens (including phenoxy) is 1. The molecule has 1 fully saturated rings. The molecule has 1 aliphatic rings. The standard InChI is InChI=1S/C24H25F6N3O3/c25-23(26,27)18-5-2-4-17(12-18)22(35)32-13-20(34)21(31)16-7-9-33(10-8-16)14-15-3-1-6-19(11-15)36-24(28,29)30/h1-6,11-12,16,21H,7-10,13-14,31H2,(H,32,35). The Morgan fingerprint density at radius 3 is 2.33 bits per heavy atom. The van der Waals surface area contributed by atoms with E-state index in [0.717, 1.165) is 12.1 Å². The van der Waals surface area contributed by atoms with Crippen molar-refractivity contribution in [2.45, 2.75) is 38.0 Å². The fourth-order valence-corrected chi connectivity index (χ4v) is 4.06. The molecule has 0 saturated carbocycles. The molecule has 0 aromatic heterocycles. The highest BCUT2D eigenvalue weighted by molar-refractivity contribution is 5.97. The first-order valence-corrected chi connectivity index (χ1v) is 11.1.